The van der Waals surface area contributed by atoms with Crippen molar-refractivity contribution in [2.45, 2.75) is 13.1 Å². The third-order valence-electron chi connectivity index (χ3n) is 3.10. The van der Waals surface area contributed by atoms with Gasteiger partial charge in [-0.1, -0.05) is 36.4 Å². The molecule has 0 saturated heterocycles. The molecule has 0 spiro atoms. The molecule has 0 unspecified atom stereocenters. The number of benzene rings is 2. The molecule has 0 aliphatic rings. The number of nitrogens with two attached hydrogens (primary N) is 1. The standard InChI is InChI=1S/C16H18F2N2/c17-15-7-6-14(16(18)10-15)12-20(9-8-19)11-13-4-2-1-3-5-13/h1-7,10H,8-9,11-12,19H2. The minimum absolute atomic E-state index is 0.415. The molecule has 0 saturated carbocycles. The minimum atomic E-state index is -0.556. The zero-order valence-electron chi connectivity index (χ0n) is 11.2. The van der Waals surface area contributed by atoms with Crippen molar-refractivity contribution in [2.24, 2.45) is 5.73 Å². The van der Waals surface area contributed by atoms with E-state index in [4.69, 9.17) is 5.73 Å². The second kappa shape index (κ2) is 7.12. The molecular formula is C16H18F2N2. The molecule has 20 heavy (non-hydrogen) atoms. The molecule has 2 aromatic rings. The lowest BCUT2D eigenvalue weighted by Gasteiger charge is -2.22. The molecule has 0 aromatic heterocycles. The Balaban J connectivity index is 2.09. The molecule has 4 heteroatoms. The van der Waals surface area contributed by atoms with E-state index in [1.165, 1.54) is 12.1 Å². The van der Waals surface area contributed by atoms with Gasteiger partial charge in [-0.05, 0) is 11.6 Å². The first kappa shape index (κ1) is 14.6. The van der Waals surface area contributed by atoms with Crippen LogP contribution in [0, 0.1) is 11.6 Å². The van der Waals surface area contributed by atoms with Gasteiger partial charge in [-0.25, -0.2) is 8.78 Å². The molecule has 106 valence electrons. The van der Waals surface area contributed by atoms with Gasteiger partial charge in [0.2, 0.25) is 0 Å². The fraction of sp³-hybridized carbons (Fsp3) is 0.250. The summed E-state index contributed by atoms with van der Waals surface area (Å²) >= 11 is 0. The first-order valence-corrected chi connectivity index (χ1v) is 6.59. The van der Waals surface area contributed by atoms with Gasteiger partial charge in [0.05, 0.1) is 0 Å². The van der Waals surface area contributed by atoms with Crippen LogP contribution in [0.5, 0.6) is 0 Å². The van der Waals surface area contributed by atoms with Crippen molar-refractivity contribution in [1.29, 1.82) is 0 Å². The van der Waals surface area contributed by atoms with Crippen molar-refractivity contribution in [1.82, 2.24) is 4.90 Å². The topological polar surface area (TPSA) is 29.3 Å². The number of hydrogen-bond acceptors (Lipinski definition) is 2. The highest BCUT2D eigenvalue weighted by molar-refractivity contribution is 5.19. The summed E-state index contributed by atoms with van der Waals surface area (Å²) in [5.41, 5.74) is 7.23. The highest BCUT2D eigenvalue weighted by Crippen LogP contribution is 2.14. The van der Waals surface area contributed by atoms with E-state index in [9.17, 15) is 8.78 Å². The van der Waals surface area contributed by atoms with E-state index in [2.05, 4.69) is 0 Å². The van der Waals surface area contributed by atoms with Crippen molar-refractivity contribution in [3.63, 3.8) is 0 Å². The van der Waals surface area contributed by atoms with Crippen LogP contribution in [0.1, 0.15) is 11.1 Å². The van der Waals surface area contributed by atoms with Crippen LogP contribution in [0.15, 0.2) is 48.5 Å². The van der Waals surface area contributed by atoms with Crippen molar-refractivity contribution in [2.75, 3.05) is 13.1 Å². The molecule has 2 rings (SSSR count). The third kappa shape index (κ3) is 4.11. The molecule has 0 aliphatic heterocycles. The highest BCUT2D eigenvalue weighted by Gasteiger charge is 2.10. The smallest absolute Gasteiger partial charge is 0.130 e. The number of halogens is 2. The zero-order chi connectivity index (χ0) is 14.4. The van der Waals surface area contributed by atoms with E-state index in [0.717, 1.165) is 11.6 Å². The fourth-order valence-electron chi connectivity index (χ4n) is 2.13. The van der Waals surface area contributed by atoms with E-state index in [1.54, 1.807) is 0 Å². The van der Waals surface area contributed by atoms with Gasteiger partial charge in [0.15, 0.2) is 0 Å². The van der Waals surface area contributed by atoms with Gasteiger partial charge in [0.25, 0.3) is 0 Å². The molecule has 2 aromatic carbocycles. The molecule has 0 amide bonds. The Morgan fingerprint density at radius 1 is 0.950 bits per heavy atom. The molecule has 0 heterocycles. The molecule has 0 fully saturated rings. The van der Waals surface area contributed by atoms with Crippen LogP contribution >= 0.6 is 0 Å². The number of nitrogens with zero attached hydrogens (tertiary/aromatic N) is 1. The third-order valence-corrected chi connectivity index (χ3v) is 3.10. The first-order chi connectivity index (χ1) is 9.69. The fourth-order valence-corrected chi connectivity index (χ4v) is 2.13. The Labute approximate surface area is 117 Å². The minimum Gasteiger partial charge on any atom is -0.329 e. The molecule has 0 atom stereocenters. The van der Waals surface area contributed by atoms with E-state index in [-0.39, 0.29) is 0 Å². The molecule has 0 radical (unpaired) electrons. The van der Waals surface area contributed by atoms with Crippen LogP contribution in [0.25, 0.3) is 0 Å². The summed E-state index contributed by atoms with van der Waals surface area (Å²) in [6, 6.07) is 13.6. The Bertz CT molecular complexity index is 543. The molecule has 2 N–H and O–H groups in total. The van der Waals surface area contributed by atoms with Gasteiger partial charge in [0.1, 0.15) is 11.6 Å². The Morgan fingerprint density at radius 3 is 2.35 bits per heavy atom. The second-order valence-electron chi connectivity index (χ2n) is 4.72. The van der Waals surface area contributed by atoms with Crippen LogP contribution in [0.2, 0.25) is 0 Å². The maximum atomic E-state index is 13.7. The normalized spacial score (nSPS) is 11.0. The Hall–Kier alpha value is -1.78. The molecule has 2 nitrogen and oxygen atoms in total. The monoisotopic (exact) mass is 276 g/mol. The van der Waals surface area contributed by atoms with Gasteiger partial charge >= 0.3 is 0 Å². The second-order valence-corrected chi connectivity index (χ2v) is 4.72. The highest BCUT2D eigenvalue weighted by atomic mass is 19.1. The van der Waals surface area contributed by atoms with Gasteiger partial charge < -0.3 is 5.73 Å². The number of hydrogen-bond donors (Lipinski definition) is 1. The van der Waals surface area contributed by atoms with Crippen molar-refractivity contribution in [3.8, 4) is 0 Å². The van der Waals surface area contributed by atoms with Gasteiger partial charge in [-0.3, -0.25) is 4.90 Å². The predicted octanol–water partition coefficient (Wildman–Crippen LogP) is 2.93. The van der Waals surface area contributed by atoms with E-state index in [1.807, 2.05) is 35.2 Å². The van der Waals surface area contributed by atoms with Crippen LogP contribution < -0.4 is 5.73 Å². The number of rotatable bonds is 6. The van der Waals surface area contributed by atoms with Crippen LogP contribution in [0.3, 0.4) is 0 Å². The summed E-state index contributed by atoms with van der Waals surface area (Å²) in [5, 5.41) is 0. The van der Waals surface area contributed by atoms with Gasteiger partial charge in [-0.15, -0.1) is 0 Å². The van der Waals surface area contributed by atoms with E-state index >= 15 is 0 Å². The summed E-state index contributed by atoms with van der Waals surface area (Å²) in [6.45, 7) is 2.26. The predicted molar refractivity (Wildman–Crippen MR) is 76.0 cm³/mol. The van der Waals surface area contributed by atoms with Crippen molar-refractivity contribution >= 4 is 0 Å². The quantitative estimate of drug-likeness (QED) is 0.879. The summed E-state index contributed by atoms with van der Waals surface area (Å²) in [6.07, 6.45) is 0. The Morgan fingerprint density at radius 2 is 1.70 bits per heavy atom. The summed E-state index contributed by atoms with van der Waals surface area (Å²) in [7, 11) is 0. The van der Waals surface area contributed by atoms with Gasteiger partial charge in [-0.2, -0.15) is 0 Å². The van der Waals surface area contributed by atoms with Crippen LogP contribution in [0.4, 0.5) is 8.78 Å². The summed E-state index contributed by atoms with van der Waals surface area (Å²) in [4.78, 5) is 2.05. The summed E-state index contributed by atoms with van der Waals surface area (Å²) < 4.78 is 26.6. The lowest BCUT2D eigenvalue weighted by molar-refractivity contribution is 0.260. The Kier molecular flexibility index (Phi) is 5.21. The van der Waals surface area contributed by atoms with E-state index < -0.39 is 11.6 Å². The average molecular weight is 276 g/mol. The lowest BCUT2D eigenvalue weighted by Crippen LogP contribution is -2.29. The SMILES string of the molecule is NCCN(Cc1ccccc1)Cc1ccc(F)cc1F. The first-order valence-electron chi connectivity index (χ1n) is 6.59. The molecule has 0 aliphatic carbocycles. The van der Waals surface area contributed by atoms with E-state index in [0.29, 0.717) is 31.7 Å². The lowest BCUT2D eigenvalue weighted by atomic mass is 10.1. The van der Waals surface area contributed by atoms with Crippen LogP contribution in [-0.4, -0.2) is 18.0 Å². The van der Waals surface area contributed by atoms with Gasteiger partial charge in [0, 0.05) is 37.8 Å². The largest absolute Gasteiger partial charge is 0.329 e. The van der Waals surface area contributed by atoms with Crippen molar-refractivity contribution in [3.05, 3.63) is 71.3 Å². The maximum Gasteiger partial charge on any atom is 0.130 e. The van der Waals surface area contributed by atoms with Crippen molar-refractivity contribution < 1.29 is 8.78 Å². The summed E-state index contributed by atoms with van der Waals surface area (Å²) in [5.74, 6) is -1.07. The molecular weight excluding hydrogens is 258 g/mol. The average Bonchev–Trinajstić information content (AvgIpc) is 2.43. The molecule has 0 bridgehead atoms. The zero-order valence-corrected chi connectivity index (χ0v) is 11.2. The maximum absolute atomic E-state index is 13.7. The van der Waals surface area contributed by atoms with Crippen LogP contribution in [-0.2, 0) is 13.1 Å².